The molecule has 16 heavy (non-hydrogen) atoms. The van der Waals surface area contributed by atoms with Crippen molar-refractivity contribution in [2.24, 2.45) is 0 Å². The van der Waals surface area contributed by atoms with Crippen LogP contribution in [-0.4, -0.2) is 13.1 Å². The monoisotopic (exact) mass is 237 g/mol. The van der Waals surface area contributed by atoms with Crippen LogP contribution in [0, 0.1) is 0 Å². The first kappa shape index (κ1) is 11.8. The first-order chi connectivity index (χ1) is 7.77. The van der Waals surface area contributed by atoms with Gasteiger partial charge in [0.15, 0.2) is 0 Å². The first-order valence-corrected chi connectivity index (χ1v) is 6.71. The van der Waals surface area contributed by atoms with E-state index >= 15 is 0 Å². The van der Waals surface area contributed by atoms with Gasteiger partial charge in [0.25, 0.3) is 0 Å². The van der Waals surface area contributed by atoms with E-state index in [1.165, 1.54) is 42.7 Å². The van der Waals surface area contributed by atoms with Gasteiger partial charge in [0.2, 0.25) is 0 Å². The van der Waals surface area contributed by atoms with Gasteiger partial charge in [-0.05, 0) is 42.9 Å². The third-order valence-electron chi connectivity index (χ3n) is 3.47. The van der Waals surface area contributed by atoms with E-state index in [2.05, 4.69) is 30.9 Å². The van der Waals surface area contributed by atoms with Crippen LogP contribution in [0.25, 0.3) is 0 Å². The Morgan fingerprint density at radius 1 is 1.12 bits per heavy atom. The maximum absolute atomic E-state index is 6.31. The Morgan fingerprint density at radius 2 is 1.81 bits per heavy atom. The van der Waals surface area contributed by atoms with E-state index < -0.39 is 0 Å². The van der Waals surface area contributed by atoms with E-state index in [1.807, 2.05) is 0 Å². The number of halogens is 1. The molecule has 0 saturated carbocycles. The summed E-state index contributed by atoms with van der Waals surface area (Å²) < 4.78 is 0. The largest absolute Gasteiger partial charge is 0.371 e. The smallest absolute Gasteiger partial charge is 0.0458 e. The van der Waals surface area contributed by atoms with E-state index in [0.717, 1.165) is 17.9 Å². The summed E-state index contributed by atoms with van der Waals surface area (Å²) in [6.07, 6.45) is 4.76. The Morgan fingerprint density at radius 3 is 2.38 bits per heavy atom. The average molecular weight is 238 g/mol. The van der Waals surface area contributed by atoms with Crippen molar-refractivity contribution in [1.82, 2.24) is 0 Å². The van der Waals surface area contributed by atoms with Crippen molar-refractivity contribution in [3.63, 3.8) is 0 Å². The second kappa shape index (κ2) is 5.09. The van der Waals surface area contributed by atoms with Gasteiger partial charge in [0.1, 0.15) is 0 Å². The number of rotatable bonds is 3. The van der Waals surface area contributed by atoms with Crippen molar-refractivity contribution in [2.45, 2.75) is 39.5 Å². The molecule has 1 aliphatic rings. The number of hydrogen-bond donors (Lipinski definition) is 0. The minimum absolute atomic E-state index is 0.932. The van der Waals surface area contributed by atoms with Crippen LogP contribution >= 0.6 is 11.6 Å². The molecule has 1 aromatic rings. The molecule has 1 nitrogen and oxygen atoms in total. The fourth-order valence-electron chi connectivity index (χ4n) is 2.62. The molecule has 2 rings (SSSR count). The van der Waals surface area contributed by atoms with Crippen LogP contribution in [0.4, 0.5) is 5.69 Å². The average Bonchev–Trinajstić information content (AvgIpc) is 2.81. The van der Waals surface area contributed by atoms with E-state index in [1.54, 1.807) is 0 Å². The van der Waals surface area contributed by atoms with Gasteiger partial charge in [-0.3, -0.25) is 0 Å². The lowest BCUT2D eigenvalue weighted by Crippen LogP contribution is -2.21. The Labute approximate surface area is 103 Å². The van der Waals surface area contributed by atoms with Crippen molar-refractivity contribution in [3.8, 4) is 0 Å². The van der Waals surface area contributed by atoms with Crippen LogP contribution in [0.2, 0.25) is 5.02 Å². The lowest BCUT2D eigenvalue weighted by Gasteiger charge is -2.25. The topological polar surface area (TPSA) is 3.24 Å². The Bertz CT molecular complexity index is 367. The van der Waals surface area contributed by atoms with Gasteiger partial charge in [0.05, 0.1) is 0 Å². The highest BCUT2D eigenvalue weighted by Gasteiger charge is 2.19. The molecule has 0 aromatic heterocycles. The van der Waals surface area contributed by atoms with Gasteiger partial charge in [-0.15, -0.1) is 0 Å². The predicted octanol–water partition coefficient (Wildman–Crippen LogP) is 4.07. The van der Waals surface area contributed by atoms with E-state index in [4.69, 9.17) is 11.6 Å². The molecule has 1 saturated heterocycles. The Kier molecular flexibility index (Phi) is 3.75. The van der Waals surface area contributed by atoms with Crippen LogP contribution in [0.3, 0.4) is 0 Å². The fraction of sp³-hybridized carbons (Fsp3) is 0.571. The maximum Gasteiger partial charge on any atom is 0.0458 e. The van der Waals surface area contributed by atoms with Gasteiger partial charge in [-0.25, -0.2) is 0 Å². The van der Waals surface area contributed by atoms with Crippen molar-refractivity contribution in [1.29, 1.82) is 0 Å². The Hall–Kier alpha value is -0.690. The summed E-state index contributed by atoms with van der Waals surface area (Å²) in [6.45, 7) is 6.81. The molecular weight excluding hydrogens is 218 g/mol. The quantitative estimate of drug-likeness (QED) is 0.766. The third kappa shape index (κ3) is 2.06. The van der Waals surface area contributed by atoms with Crippen LogP contribution in [-0.2, 0) is 12.8 Å². The summed E-state index contributed by atoms with van der Waals surface area (Å²) in [7, 11) is 0. The van der Waals surface area contributed by atoms with E-state index in [9.17, 15) is 0 Å². The van der Waals surface area contributed by atoms with Crippen LogP contribution < -0.4 is 4.90 Å². The molecular formula is C14H20ClN. The normalized spacial score (nSPS) is 15.8. The SMILES string of the molecule is CCc1ccc(Cl)c(CC)c1N1CCCC1. The van der Waals surface area contributed by atoms with Gasteiger partial charge in [-0.2, -0.15) is 0 Å². The molecule has 0 spiro atoms. The van der Waals surface area contributed by atoms with E-state index in [0.29, 0.717) is 0 Å². The molecule has 0 unspecified atom stereocenters. The van der Waals surface area contributed by atoms with Gasteiger partial charge < -0.3 is 4.90 Å². The van der Waals surface area contributed by atoms with Crippen molar-refractivity contribution >= 4 is 17.3 Å². The Balaban J connectivity index is 2.48. The summed E-state index contributed by atoms with van der Waals surface area (Å²) in [4.78, 5) is 2.52. The molecule has 1 heterocycles. The summed E-state index contributed by atoms with van der Waals surface area (Å²) in [5.41, 5.74) is 4.21. The molecule has 0 atom stereocenters. The van der Waals surface area contributed by atoms with Crippen molar-refractivity contribution in [3.05, 3.63) is 28.3 Å². The molecule has 1 fully saturated rings. The second-order valence-electron chi connectivity index (χ2n) is 4.43. The predicted molar refractivity (Wildman–Crippen MR) is 71.7 cm³/mol. The minimum atomic E-state index is 0.932. The molecule has 0 amide bonds. The summed E-state index contributed by atoms with van der Waals surface area (Å²) >= 11 is 6.31. The number of benzene rings is 1. The second-order valence-corrected chi connectivity index (χ2v) is 4.84. The maximum atomic E-state index is 6.31. The summed E-state index contributed by atoms with van der Waals surface area (Å²) in [5, 5.41) is 0.932. The lowest BCUT2D eigenvalue weighted by molar-refractivity contribution is 0.927. The summed E-state index contributed by atoms with van der Waals surface area (Å²) in [6, 6.07) is 4.24. The van der Waals surface area contributed by atoms with Crippen molar-refractivity contribution < 1.29 is 0 Å². The van der Waals surface area contributed by atoms with Gasteiger partial charge in [-0.1, -0.05) is 31.5 Å². The van der Waals surface area contributed by atoms with Crippen molar-refractivity contribution in [2.75, 3.05) is 18.0 Å². The highest BCUT2D eigenvalue weighted by atomic mass is 35.5. The molecule has 0 bridgehead atoms. The zero-order chi connectivity index (χ0) is 11.5. The number of anilines is 1. The highest BCUT2D eigenvalue weighted by Crippen LogP contribution is 2.34. The van der Waals surface area contributed by atoms with E-state index in [-0.39, 0.29) is 0 Å². The molecule has 0 aliphatic carbocycles. The van der Waals surface area contributed by atoms with Crippen LogP contribution in [0.15, 0.2) is 12.1 Å². The standard InChI is InChI=1S/C14H20ClN/c1-3-11-7-8-13(15)12(4-2)14(11)16-9-5-6-10-16/h7-8H,3-6,9-10H2,1-2H3. The molecule has 2 heteroatoms. The zero-order valence-corrected chi connectivity index (χ0v) is 11.0. The molecule has 88 valence electrons. The fourth-order valence-corrected chi connectivity index (χ4v) is 2.90. The number of aryl methyl sites for hydroxylation is 1. The molecule has 1 aliphatic heterocycles. The minimum Gasteiger partial charge on any atom is -0.371 e. The number of hydrogen-bond acceptors (Lipinski definition) is 1. The van der Waals surface area contributed by atoms with Gasteiger partial charge in [0, 0.05) is 23.8 Å². The number of nitrogens with zero attached hydrogens (tertiary/aromatic N) is 1. The van der Waals surface area contributed by atoms with Gasteiger partial charge >= 0.3 is 0 Å². The van der Waals surface area contributed by atoms with Crippen LogP contribution in [0.5, 0.6) is 0 Å². The highest BCUT2D eigenvalue weighted by molar-refractivity contribution is 6.31. The van der Waals surface area contributed by atoms with Crippen LogP contribution in [0.1, 0.15) is 37.8 Å². The summed E-state index contributed by atoms with van der Waals surface area (Å²) in [5.74, 6) is 0. The molecule has 0 N–H and O–H groups in total. The zero-order valence-electron chi connectivity index (χ0n) is 10.2. The molecule has 0 radical (unpaired) electrons. The third-order valence-corrected chi connectivity index (χ3v) is 3.82. The molecule has 1 aromatic carbocycles. The first-order valence-electron chi connectivity index (χ1n) is 6.33. The lowest BCUT2D eigenvalue weighted by atomic mass is 10.0.